The number of para-hydroxylation sites is 1. The number of nitrogens with zero attached hydrogens (tertiary/aromatic N) is 5. The molecule has 0 saturated carbocycles. The summed E-state index contributed by atoms with van der Waals surface area (Å²) in [5.74, 6) is -0.113. The molecular formula is C21H17N5O2S2. The standard InChI is InChI=1S/C21H17N5O2S2/c1-13-17(14(2)27)29-20(22-13)23-21-26(16-11-7-4-8-12-16)19(28)18(30-21)25-24-15-9-5-3-6-10-15/h3-12,28H,1-2H3/b23-21-,25-24?. The number of hydrogen-bond donors (Lipinski definition) is 1. The van der Waals surface area contributed by atoms with E-state index in [9.17, 15) is 9.90 Å². The zero-order valence-electron chi connectivity index (χ0n) is 16.2. The van der Waals surface area contributed by atoms with E-state index in [0.717, 1.165) is 5.69 Å². The first kappa shape index (κ1) is 19.9. The molecule has 2 aromatic carbocycles. The summed E-state index contributed by atoms with van der Waals surface area (Å²) in [6.07, 6.45) is 0. The van der Waals surface area contributed by atoms with E-state index >= 15 is 0 Å². The summed E-state index contributed by atoms with van der Waals surface area (Å²) in [5, 5.41) is 20.0. The third-order valence-corrected chi connectivity index (χ3v) is 6.17. The Labute approximate surface area is 180 Å². The summed E-state index contributed by atoms with van der Waals surface area (Å²) >= 11 is 2.41. The van der Waals surface area contributed by atoms with Crippen molar-refractivity contribution in [2.24, 2.45) is 15.2 Å². The molecule has 4 aromatic rings. The third-order valence-electron chi connectivity index (χ3n) is 4.11. The molecule has 0 aliphatic heterocycles. The highest BCUT2D eigenvalue weighted by molar-refractivity contribution is 7.17. The second-order valence-corrected chi connectivity index (χ2v) is 8.23. The molecule has 2 aromatic heterocycles. The van der Waals surface area contributed by atoms with Crippen molar-refractivity contribution in [1.82, 2.24) is 9.55 Å². The molecule has 4 rings (SSSR count). The molecule has 30 heavy (non-hydrogen) atoms. The van der Waals surface area contributed by atoms with Crippen LogP contribution in [0.25, 0.3) is 5.69 Å². The lowest BCUT2D eigenvalue weighted by atomic mass is 10.3. The van der Waals surface area contributed by atoms with Gasteiger partial charge in [-0.2, -0.15) is 4.99 Å². The summed E-state index contributed by atoms with van der Waals surface area (Å²) in [7, 11) is 0. The number of Topliss-reactive ketones (excluding diaryl/α,β-unsaturated/α-hetero) is 1. The molecule has 150 valence electrons. The Kier molecular flexibility index (Phi) is 5.64. The maximum absolute atomic E-state index is 11.8. The lowest BCUT2D eigenvalue weighted by Gasteiger charge is -2.03. The molecular weight excluding hydrogens is 418 g/mol. The van der Waals surface area contributed by atoms with E-state index in [-0.39, 0.29) is 11.7 Å². The van der Waals surface area contributed by atoms with Crippen LogP contribution in [0.4, 0.5) is 15.8 Å². The number of ketones is 1. The molecule has 0 aliphatic rings. The fourth-order valence-corrected chi connectivity index (χ4v) is 4.49. The van der Waals surface area contributed by atoms with Crippen LogP contribution in [0.1, 0.15) is 22.3 Å². The molecule has 0 saturated heterocycles. The zero-order chi connectivity index (χ0) is 21.1. The minimum Gasteiger partial charge on any atom is -0.492 e. The van der Waals surface area contributed by atoms with Gasteiger partial charge in [-0.05, 0) is 31.2 Å². The number of aromatic hydroxyl groups is 1. The number of carbonyl (C=O) groups is 1. The first-order valence-electron chi connectivity index (χ1n) is 9.03. The van der Waals surface area contributed by atoms with Gasteiger partial charge in [-0.1, -0.05) is 59.1 Å². The van der Waals surface area contributed by atoms with Crippen LogP contribution in [-0.4, -0.2) is 20.4 Å². The van der Waals surface area contributed by atoms with E-state index in [4.69, 9.17) is 0 Å². The van der Waals surface area contributed by atoms with Gasteiger partial charge in [0.05, 0.1) is 21.9 Å². The van der Waals surface area contributed by atoms with Crippen LogP contribution in [0.2, 0.25) is 0 Å². The first-order valence-corrected chi connectivity index (χ1v) is 10.7. The minimum absolute atomic E-state index is 0.0474. The number of hydrogen-bond acceptors (Lipinski definition) is 8. The highest BCUT2D eigenvalue weighted by Crippen LogP contribution is 2.34. The van der Waals surface area contributed by atoms with E-state index in [1.165, 1.54) is 29.6 Å². The highest BCUT2D eigenvalue weighted by atomic mass is 32.1. The molecule has 0 aliphatic carbocycles. The fraction of sp³-hybridized carbons (Fsp3) is 0.0952. The van der Waals surface area contributed by atoms with Crippen LogP contribution >= 0.6 is 22.7 Å². The van der Waals surface area contributed by atoms with Gasteiger partial charge in [-0.3, -0.25) is 9.36 Å². The van der Waals surface area contributed by atoms with Gasteiger partial charge in [0.2, 0.25) is 20.8 Å². The lowest BCUT2D eigenvalue weighted by molar-refractivity contribution is 0.102. The molecule has 0 bridgehead atoms. The first-order chi connectivity index (χ1) is 14.5. The van der Waals surface area contributed by atoms with Crippen molar-refractivity contribution in [3.8, 4) is 11.6 Å². The molecule has 0 atom stereocenters. The van der Waals surface area contributed by atoms with Crippen molar-refractivity contribution < 1.29 is 9.90 Å². The number of rotatable bonds is 5. The van der Waals surface area contributed by atoms with Crippen LogP contribution in [0.3, 0.4) is 0 Å². The van der Waals surface area contributed by atoms with Crippen molar-refractivity contribution in [2.75, 3.05) is 0 Å². The second-order valence-electron chi connectivity index (χ2n) is 6.30. The summed E-state index contributed by atoms with van der Waals surface area (Å²) < 4.78 is 1.59. The Balaban J connectivity index is 1.86. The summed E-state index contributed by atoms with van der Waals surface area (Å²) in [6.45, 7) is 3.29. The number of azo groups is 1. The Morgan fingerprint density at radius 3 is 2.30 bits per heavy atom. The topological polar surface area (TPSA) is 92.2 Å². The second kappa shape index (κ2) is 8.52. The molecule has 0 unspecified atom stereocenters. The largest absolute Gasteiger partial charge is 0.492 e. The van der Waals surface area contributed by atoms with Crippen molar-refractivity contribution in [1.29, 1.82) is 0 Å². The SMILES string of the molecule is CC(=O)c1sc(/N=c2\sc(N=Nc3ccccc3)c(O)n2-c2ccccc2)nc1C. The van der Waals surface area contributed by atoms with Gasteiger partial charge in [-0.25, -0.2) is 4.98 Å². The van der Waals surface area contributed by atoms with E-state index in [1.807, 2.05) is 60.7 Å². The molecule has 9 heteroatoms. The summed E-state index contributed by atoms with van der Waals surface area (Å²) in [6, 6.07) is 18.6. The predicted octanol–water partition coefficient (Wildman–Crippen LogP) is 5.86. The smallest absolute Gasteiger partial charge is 0.237 e. The van der Waals surface area contributed by atoms with Gasteiger partial charge in [0.15, 0.2) is 5.78 Å². The van der Waals surface area contributed by atoms with Crippen molar-refractivity contribution >= 4 is 44.3 Å². The van der Waals surface area contributed by atoms with Crippen molar-refractivity contribution in [2.45, 2.75) is 13.8 Å². The maximum atomic E-state index is 11.8. The maximum Gasteiger partial charge on any atom is 0.237 e. The van der Waals surface area contributed by atoms with E-state index in [2.05, 4.69) is 20.2 Å². The quantitative estimate of drug-likeness (QED) is 0.314. The van der Waals surface area contributed by atoms with Crippen molar-refractivity contribution in [3.63, 3.8) is 0 Å². The van der Waals surface area contributed by atoms with E-state index in [0.29, 0.717) is 31.2 Å². The van der Waals surface area contributed by atoms with Crippen LogP contribution in [0.5, 0.6) is 5.88 Å². The Morgan fingerprint density at radius 2 is 1.67 bits per heavy atom. The monoisotopic (exact) mass is 435 g/mol. The highest BCUT2D eigenvalue weighted by Gasteiger charge is 2.16. The number of aromatic nitrogens is 2. The number of carbonyl (C=O) groups excluding carboxylic acids is 1. The average molecular weight is 436 g/mol. The van der Waals surface area contributed by atoms with Crippen molar-refractivity contribution in [3.05, 3.63) is 76.0 Å². The zero-order valence-corrected chi connectivity index (χ0v) is 17.8. The normalized spacial score (nSPS) is 12.0. The lowest BCUT2D eigenvalue weighted by Crippen LogP contribution is -2.11. The van der Waals surface area contributed by atoms with Gasteiger partial charge in [0, 0.05) is 6.92 Å². The summed E-state index contributed by atoms with van der Waals surface area (Å²) in [5.41, 5.74) is 2.05. The van der Waals surface area contributed by atoms with Gasteiger partial charge in [-0.15, -0.1) is 10.2 Å². The van der Waals surface area contributed by atoms with Gasteiger partial charge in [0.25, 0.3) is 0 Å². The minimum atomic E-state index is -0.0651. The Morgan fingerprint density at radius 1 is 1.00 bits per heavy atom. The van der Waals surface area contributed by atoms with Gasteiger partial charge in [0.1, 0.15) is 0 Å². The Hall–Kier alpha value is -3.43. The molecule has 2 heterocycles. The van der Waals surface area contributed by atoms with Crippen LogP contribution < -0.4 is 4.80 Å². The average Bonchev–Trinajstić information content (AvgIpc) is 3.27. The molecule has 0 fully saturated rings. The number of aryl methyl sites for hydroxylation is 1. The Bertz CT molecular complexity index is 1290. The third kappa shape index (κ3) is 4.12. The predicted molar refractivity (Wildman–Crippen MR) is 118 cm³/mol. The van der Waals surface area contributed by atoms with Crippen LogP contribution in [-0.2, 0) is 0 Å². The molecule has 1 N–H and O–H groups in total. The number of thiazole rings is 2. The number of benzene rings is 2. The molecule has 0 spiro atoms. The van der Waals surface area contributed by atoms with Gasteiger partial charge < -0.3 is 5.11 Å². The van der Waals surface area contributed by atoms with Crippen LogP contribution in [0.15, 0.2) is 75.9 Å². The van der Waals surface area contributed by atoms with Crippen LogP contribution in [0, 0.1) is 6.92 Å². The van der Waals surface area contributed by atoms with E-state index < -0.39 is 0 Å². The fourth-order valence-electron chi connectivity index (χ4n) is 2.75. The summed E-state index contributed by atoms with van der Waals surface area (Å²) in [4.78, 5) is 21.8. The molecule has 0 amide bonds. The van der Waals surface area contributed by atoms with E-state index in [1.54, 1.807) is 11.5 Å². The molecule has 7 nitrogen and oxygen atoms in total. The van der Waals surface area contributed by atoms with Gasteiger partial charge >= 0.3 is 0 Å². The molecule has 0 radical (unpaired) electrons.